The lowest BCUT2D eigenvalue weighted by molar-refractivity contribution is -0.116. The molecule has 110 valence electrons. The number of hydrogen-bond acceptors (Lipinski definition) is 4. The van der Waals surface area contributed by atoms with Gasteiger partial charge in [0.1, 0.15) is 19.0 Å². The summed E-state index contributed by atoms with van der Waals surface area (Å²) in [6.07, 6.45) is 2.38. The number of carbonyl (C=O) groups is 1. The third-order valence-corrected chi connectivity index (χ3v) is 2.98. The lowest BCUT2D eigenvalue weighted by Crippen LogP contribution is -2.17. The number of unbranched alkanes of at least 4 members (excludes halogenated alkanes) is 1. The first kappa shape index (κ1) is 14.5. The second-order valence-corrected chi connectivity index (χ2v) is 4.58. The minimum atomic E-state index is -0.00974. The number of nitrogens with one attached hydrogen (secondary N) is 1. The molecular formula is C15H21NO4. The van der Waals surface area contributed by atoms with Crippen molar-refractivity contribution in [2.45, 2.75) is 33.1 Å². The van der Waals surface area contributed by atoms with Crippen LogP contribution < -0.4 is 19.5 Å². The van der Waals surface area contributed by atoms with E-state index in [4.69, 9.17) is 14.2 Å². The monoisotopic (exact) mass is 279 g/mol. The fourth-order valence-corrected chi connectivity index (χ4v) is 1.99. The van der Waals surface area contributed by atoms with Crippen molar-refractivity contribution >= 4 is 11.6 Å². The Balaban J connectivity index is 2.18. The van der Waals surface area contributed by atoms with Crippen molar-refractivity contribution in [1.29, 1.82) is 0 Å². The highest BCUT2D eigenvalue weighted by Crippen LogP contribution is 2.39. The molecule has 1 aliphatic heterocycles. The van der Waals surface area contributed by atoms with E-state index in [1.807, 2.05) is 6.92 Å². The molecule has 5 heteroatoms. The SMILES string of the molecule is CCCCC(=O)Nc1cc2c(cc1OCC)OCCO2. The van der Waals surface area contributed by atoms with Gasteiger partial charge in [0, 0.05) is 18.6 Å². The van der Waals surface area contributed by atoms with Crippen LogP contribution in [0.15, 0.2) is 12.1 Å². The van der Waals surface area contributed by atoms with Crippen LogP contribution in [0.2, 0.25) is 0 Å². The molecule has 0 bridgehead atoms. The summed E-state index contributed by atoms with van der Waals surface area (Å²) >= 11 is 0. The van der Waals surface area contributed by atoms with Crippen molar-refractivity contribution < 1.29 is 19.0 Å². The third kappa shape index (κ3) is 3.56. The van der Waals surface area contributed by atoms with Gasteiger partial charge in [-0.1, -0.05) is 13.3 Å². The Labute approximate surface area is 119 Å². The molecule has 0 saturated heterocycles. The van der Waals surface area contributed by atoms with Crippen LogP contribution in [0.5, 0.6) is 17.2 Å². The van der Waals surface area contributed by atoms with E-state index in [0.29, 0.717) is 49.2 Å². The van der Waals surface area contributed by atoms with Gasteiger partial charge < -0.3 is 19.5 Å². The van der Waals surface area contributed by atoms with Crippen LogP contribution in [0.1, 0.15) is 33.1 Å². The molecule has 0 atom stereocenters. The van der Waals surface area contributed by atoms with E-state index in [1.54, 1.807) is 12.1 Å². The fraction of sp³-hybridized carbons (Fsp3) is 0.533. The van der Waals surface area contributed by atoms with E-state index >= 15 is 0 Å². The second-order valence-electron chi connectivity index (χ2n) is 4.58. The van der Waals surface area contributed by atoms with Crippen molar-refractivity contribution in [3.8, 4) is 17.2 Å². The van der Waals surface area contributed by atoms with Crippen LogP contribution in [-0.4, -0.2) is 25.7 Å². The molecule has 0 unspecified atom stereocenters. The molecule has 0 fully saturated rings. The first-order chi connectivity index (χ1) is 9.74. The second kappa shape index (κ2) is 7.03. The minimum absolute atomic E-state index is 0.00974. The van der Waals surface area contributed by atoms with Gasteiger partial charge >= 0.3 is 0 Å². The van der Waals surface area contributed by atoms with Gasteiger partial charge in [-0.15, -0.1) is 0 Å². The molecule has 0 radical (unpaired) electrons. The summed E-state index contributed by atoms with van der Waals surface area (Å²) in [4.78, 5) is 11.9. The van der Waals surface area contributed by atoms with Crippen molar-refractivity contribution in [3.05, 3.63) is 12.1 Å². The summed E-state index contributed by atoms with van der Waals surface area (Å²) in [5, 5.41) is 2.88. The molecule has 1 amide bonds. The molecule has 1 aromatic rings. The van der Waals surface area contributed by atoms with Gasteiger partial charge in [0.25, 0.3) is 0 Å². The van der Waals surface area contributed by atoms with Crippen LogP contribution in [0.25, 0.3) is 0 Å². The molecule has 1 aliphatic rings. The van der Waals surface area contributed by atoms with Crippen LogP contribution in [0.3, 0.4) is 0 Å². The van der Waals surface area contributed by atoms with E-state index in [2.05, 4.69) is 12.2 Å². The van der Waals surface area contributed by atoms with Gasteiger partial charge in [0.2, 0.25) is 5.91 Å². The van der Waals surface area contributed by atoms with Crippen molar-refractivity contribution in [3.63, 3.8) is 0 Å². The van der Waals surface area contributed by atoms with Gasteiger partial charge in [-0.25, -0.2) is 0 Å². The largest absolute Gasteiger partial charge is 0.492 e. The summed E-state index contributed by atoms with van der Waals surface area (Å²) in [5.41, 5.74) is 0.636. The molecule has 0 saturated carbocycles. The molecule has 0 aliphatic carbocycles. The van der Waals surface area contributed by atoms with Crippen LogP contribution in [0.4, 0.5) is 5.69 Å². The topological polar surface area (TPSA) is 56.8 Å². The predicted molar refractivity (Wildman–Crippen MR) is 76.8 cm³/mol. The molecular weight excluding hydrogens is 258 g/mol. The summed E-state index contributed by atoms with van der Waals surface area (Å²) < 4.78 is 16.6. The number of amides is 1. The van der Waals surface area contributed by atoms with Crippen LogP contribution in [0, 0.1) is 0 Å². The Bertz CT molecular complexity index is 473. The maximum Gasteiger partial charge on any atom is 0.224 e. The highest BCUT2D eigenvalue weighted by atomic mass is 16.6. The predicted octanol–water partition coefficient (Wildman–Crippen LogP) is 2.99. The Hall–Kier alpha value is -1.91. The number of carbonyl (C=O) groups excluding carboxylic acids is 1. The molecule has 5 nitrogen and oxygen atoms in total. The van der Waals surface area contributed by atoms with Gasteiger partial charge in [-0.3, -0.25) is 4.79 Å². The van der Waals surface area contributed by atoms with E-state index in [-0.39, 0.29) is 5.91 Å². The number of benzene rings is 1. The van der Waals surface area contributed by atoms with E-state index in [9.17, 15) is 4.79 Å². The first-order valence-corrected chi connectivity index (χ1v) is 7.10. The first-order valence-electron chi connectivity index (χ1n) is 7.10. The van der Waals surface area contributed by atoms with Gasteiger partial charge in [-0.05, 0) is 13.3 Å². The average molecular weight is 279 g/mol. The number of rotatable bonds is 6. The molecule has 1 heterocycles. The van der Waals surface area contributed by atoms with Crippen LogP contribution >= 0.6 is 0 Å². The number of fused-ring (bicyclic) bond motifs is 1. The van der Waals surface area contributed by atoms with Crippen molar-refractivity contribution in [1.82, 2.24) is 0 Å². The quantitative estimate of drug-likeness (QED) is 0.869. The average Bonchev–Trinajstić information content (AvgIpc) is 2.46. The number of hydrogen-bond donors (Lipinski definition) is 1. The molecule has 2 rings (SSSR count). The zero-order valence-electron chi connectivity index (χ0n) is 12.0. The third-order valence-electron chi connectivity index (χ3n) is 2.98. The molecule has 0 spiro atoms. The normalized spacial score (nSPS) is 12.9. The highest BCUT2D eigenvalue weighted by Gasteiger charge is 2.17. The number of anilines is 1. The smallest absolute Gasteiger partial charge is 0.224 e. The standard InChI is InChI=1S/C15H21NO4/c1-3-5-6-15(17)16-11-9-13-14(20-8-7-19-13)10-12(11)18-4-2/h9-10H,3-8H2,1-2H3,(H,16,17). The van der Waals surface area contributed by atoms with E-state index in [0.717, 1.165) is 12.8 Å². The Morgan fingerprint density at radius 2 is 1.95 bits per heavy atom. The number of ether oxygens (including phenoxy) is 3. The van der Waals surface area contributed by atoms with Gasteiger partial charge in [-0.2, -0.15) is 0 Å². The zero-order chi connectivity index (χ0) is 14.4. The maximum absolute atomic E-state index is 11.9. The Kier molecular flexibility index (Phi) is 5.09. The molecule has 20 heavy (non-hydrogen) atoms. The molecule has 1 aromatic carbocycles. The summed E-state index contributed by atoms with van der Waals surface area (Å²) in [5.74, 6) is 1.91. The highest BCUT2D eigenvalue weighted by molar-refractivity contribution is 5.92. The minimum Gasteiger partial charge on any atom is -0.492 e. The fourth-order valence-electron chi connectivity index (χ4n) is 1.99. The summed E-state index contributed by atoms with van der Waals surface area (Å²) in [6, 6.07) is 3.54. The zero-order valence-corrected chi connectivity index (χ0v) is 12.0. The lowest BCUT2D eigenvalue weighted by atomic mass is 10.2. The lowest BCUT2D eigenvalue weighted by Gasteiger charge is -2.21. The van der Waals surface area contributed by atoms with E-state index < -0.39 is 0 Å². The van der Waals surface area contributed by atoms with Crippen molar-refractivity contribution in [2.75, 3.05) is 25.1 Å². The van der Waals surface area contributed by atoms with Gasteiger partial charge in [0.05, 0.1) is 12.3 Å². The maximum atomic E-state index is 11.9. The summed E-state index contributed by atoms with van der Waals surface area (Å²) in [6.45, 7) is 5.53. The molecule has 1 N–H and O–H groups in total. The Morgan fingerprint density at radius 1 is 1.25 bits per heavy atom. The Morgan fingerprint density at radius 3 is 2.60 bits per heavy atom. The van der Waals surface area contributed by atoms with Gasteiger partial charge in [0.15, 0.2) is 11.5 Å². The van der Waals surface area contributed by atoms with Crippen LogP contribution in [-0.2, 0) is 4.79 Å². The molecule has 0 aromatic heterocycles. The summed E-state index contributed by atoms with van der Waals surface area (Å²) in [7, 11) is 0. The van der Waals surface area contributed by atoms with E-state index in [1.165, 1.54) is 0 Å². The van der Waals surface area contributed by atoms with Crippen molar-refractivity contribution in [2.24, 2.45) is 0 Å².